The van der Waals surface area contributed by atoms with E-state index in [1.165, 1.54) is 5.32 Å². The highest BCUT2D eigenvalue weighted by molar-refractivity contribution is 6.32. The van der Waals surface area contributed by atoms with Gasteiger partial charge in [-0.05, 0) is 12.1 Å². The molecule has 0 aliphatic rings. The molecule has 2 aromatic rings. The van der Waals surface area contributed by atoms with Gasteiger partial charge >= 0.3 is 11.7 Å². The molecule has 0 atom stereocenters. The first kappa shape index (κ1) is 12.8. The van der Waals surface area contributed by atoms with Gasteiger partial charge in [-0.2, -0.15) is 18.2 Å². The summed E-state index contributed by atoms with van der Waals surface area (Å²) in [4.78, 5) is 17.7. The van der Waals surface area contributed by atoms with E-state index >= 15 is 0 Å². The van der Waals surface area contributed by atoms with Crippen LogP contribution in [0, 0.1) is 0 Å². The van der Waals surface area contributed by atoms with Crippen molar-refractivity contribution >= 4 is 28.5 Å². The highest BCUT2D eigenvalue weighted by atomic mass is 35.5. The summed E-state index contributed by atoms with van der Waals surface area (Å²) in [6, 6.07) is 1.87. The van der Waals surface area contributed by atoms with Crippen molar-refractivity contribution in [2.75, 3.05) is 7.05 Å². The van der Waals surface area contributed by atoms with Gasteiger partial charge in [-0.3, -0.25) is 10.1 Å². The number of quaternary nitrogens is 1. The smallest absolute Gasteiger partial charge is 0.314 e. The summed E-state index contributed by atoms with van der Waals surface area (Å²) in [5, 5.41) is 1.01. The summed E-state index contributed by atoms with van der Waals surface area (Å²) in [6.07, 6.45) is -4.57. The number of fused-ring (bicyclic) bond motifs is 1. The molecule has 0 spiro atoms. The van der Waals surface area contributed by atoms with Crippen LogP contribution in [0.4, 0.5) is 19.0 Å². The van der Waals surface area contributed by atoms with Gasteiger partial charge in [0.05, 0.1) is 28.7 Å². The Morgan fingerprint density at radius 1 is 1.39 bits per heavy atom. The number of aromatic amines is 1. The van der Waals surface area contributed by atoms with Crippen molar-refractivity contribution in [2.45, 2.75) is 6.18 Å². The average Bonchev–Trinajstić information content (AvgIpc) is 2.26. The number of aromatic nitrogens is 2. The van der Waals surface area contributed by atoms with Crippen LogP contribution < -0.4 is 10.9 Å². The first-order valence-electron chi connectivity index (χ1n) is 4.93. The lowest BCUT2D eigenvalue weighted by molar-refractivity contribution is -0.544. The molecule has 18 heavy (non-hydrogen) atoms. The molecule has 1 aromatic heterocycles. The third-order valence-corrected chi connectivity index (χ3v) is 2.70. The Kier molecular flexibility index (Phi) is 3.04. The molecule has 0 saturated heterocycles. The minimum Gasteiger partial charge on any atom is -0.314 e. The second kappa shape index (κ2) is 4.25. The zero-order valence-corrected chi connectivity index (χ0v) is 9.86. The fraction of sp³-hybridized carbons (Fsp3) is 0.200. The lowest BCUT2D eigenvalue weighted by atomic mass is 10.2. The molecule has 0 fully saturated rings. The molecule has 4 nitrogen and oxygen atoms in total. The lowest BCUT2D eigenvalue weighted by Gasteiger charge is -2.09. The monoisotopic (exact) mass is 278 g/mol. The Hall–Kier alpha value is -1.60. The van der Waals surface area contributed by atoms with Gasteiger partial charge in [0.15, 0.2) is 0 Å². The largest absolute Gasteiger partial charge is 0.417 e. The van der Waals surface area contributed by atoms with Gasteiger partial charge in [0, 0.05) is 0 Å². The molecule has 0 saturated carbocycles. The molecule has 1 aromatic carbocycles. The zero-order chi connectivity index (χ0) is 13.5. The van der Waals surface area contributed by atoms with Crippen molar-refractivity contribution in [1.29, 1.82) is 0 Å². The molecule has 0 unspecified atom stereocenters. The summed E-state index contributed by atoms with van der Waals surface area (Å²) in [6.45, 7) is 0. The minimum absolute atomic E-state index is 0.00215. The number of alkyl halides is 3. The Balaban J connectivity index is 2.77. The summed E-state index contributed by atoms with van der Waals surface area (Å²) in [5.41, 5.74) is -1.33. The highest BCUT2D eigenvalue weighted by Gasteiger charge is 2.33. The standard InChI is InChI=1S/C10H7ClF3N3O/c1-15-8-9(18)17-6-2-4(10(12,13)14)5(11)3-7(6)16-8/h2-3H,1H3,(H,15,16)(H,17,18)/p+1. The quantitative estimate of drug-likeness (QED) is 0.829. The molecular formula is C10H8ClF3N3O+. The van der Waals surface area contributed by atoms with Crippen molar-refractivity contribution in [3.63, 3.8) is 0 Å². The molecule has 8 heteroatoms. The fourth-order valence-corrected chi connectivity index (χ4v) is 1.80. The summed E-state index contributed by atoms with van der Waals surface area (Å²) in [7, 11) is 1.61. The van der Waals surface area contributed by atoms with Crippen LogP contribution in [0.25, 0.3) is 11.0 Å². The number of halogens is 4. The maximum Gasteiger partial charge on any atom is 0.417 e. The van der Waals surface area contributed by atoms with E-state index in [1.807, 2.05) is 0 Å². The van der Waals surface area contributed by atoms with E-state index in [-0.39, 0.29) is 16.9 Å². The normalized spacial score (nSPS) is 12.1. The Bertz CT molecular complexity index is 666. The van der Waals surface area contributed by atoms with Crippen molar-refractivity contribution in [1.82, 2.24) is 9.97 Å². The third-order valence-electron chi connectivity index (χ3n) is 2.39. The lowest BCUT2D eigenvalue weighted by Crippen LogP contribution is -2.75. The summed E-state index contributed by atoms with van der Waals surface area (Å²) < 4.78 is 37.9. The van der Waals surface area contributed by atoms with Crippen LogP contribution in [-0.4, -0.2) is 17.0 Å². The van der Waals surface area contributed by atoms with E-state index in [2.05, 4.69) is 9.97 Å². The molecule has 3 N–H and O–H groups in total. The van der Waals surface area contributed by atoms with E-state index in [0.717, 1.165) is 12.1 Å². The van der Waals surface area contributed by atoms with E-state index in [1.54, 1.807) is 7.05 Å². The molecule has 96 valence electrons. The number of nitrogens with one attached hydrogen (secondary N) is 1. The first-order chi connectivity index (χ1) is 8.32. The zero-order valence-electron chi connectivity index (χ0n) is 9.10. The summed E-state index contributed by atoms with van der Waals surface area (Å²) >= 11 is 5.56. The van der Waals surface area contributed by atoms with Gasteiger partial charge in [-0.15, -0.1) is 0 Å². The third kappa shape index (κ3) is 2.19. The topological polar surface area (TPSA) is 62.4 Å². The SMILES string of the molecule is C[NH2+]c1nc2cc(Cl)c(C(F)(F)F)cc2[nH]c1=O. The van der Waals surface area contributed by atoms with Crippen LogP contribution >= 0.6 is 11.6 Å². The van der Waals surface area contributed by atoms with E-state index in [0.29, 0.717) is 0 Å². The first-order valence-corrected chi connectivity index (χ1v) is 5.31. The number of nitrogens with zero attached hydrogens (tertiary/aromatic N) is 1. The van der Waals surface area contributed by atoms with Crippen LogP contribution in [0.15, 0.2) is 16.9 Å². The second-order valence-electron chi connectivity index (χ2n) is 3.59. The van der Waals surface area contributed by atoms with Gasteiger partial charge in [0.2, 0.25) is 0 Å². The van der Waals surface area contributed by atoms with Gasteiger partial charge in [0.1, 0.15) is 0 Å². The van der Waals surface area contributed by atoms with Crippen LogP contribution in [0.3, 0.4) is 0 Å². The number of nitrogens with two attached hydrogens (primary N) is 1. The molecule has 0 amide bonds. The molecular weight excluding hydrogens is 271 g/mol. The predicted molar refractivity (Wildman–Crippen MR) is 59.9 cm³/mol. The van der Waals surface area contributed by atoms with Crippen LogP contribution in [0.5, 0.6) is 0 Å². The number of rotatable bonds is 1. The molecule has 0 bridgehead atoms. The fourth-order valence-electron chi connectivity index (χ4n) is 1.54. The van der Waals surface area contributed by atoms with Gasteiger partial charge < -0.3 is 4.98 Å². The van der Waals surface area contributed by atoms with Crippen LogP contribution in [0.1, 0.15) is 5.56 Å². The van der Waals surface area contributed by atoms with E-state index in [4.69, 9.17) is 11.6 Å². The van der Waals surface area contributed by atoms with E-state index < -0.39 is 22.3 Å². The highest BCUT2D eigenvalue weighted by Crippen LogP contribution is 2.36. The van der Waals surface area contributed by atoms with Crippen molar-refractivity contribution in [2.24, 2.45) is 0 Å². The van der Waals surface area contributed by atoms with Crippen molar-refractivity contribution < 1.29 is 18.5 Å². The van der Waals surface area contributed by atoms with Crippen LogP contribution in [-0.2, 0) is 6.18 Å². The van der Waals surface area contributed by atoms with Crippen molar-refractivity contribution in [3.8, 4) is 0 Å². The van der Waals surface area contributed by atoms with Gasteiger partial charge in [-0.25, -0.2) is 0 Å². The number of hydrogen-bond acceptors (Lipinski definition) is 2. The van der Waals surface area contributed by atoms with E-state index in [9.17, 15) is 18.0 Å². The maximum absolute atomic E-state index is 12.6. The molecule has 1 heterocycles. The number of H-pyrrole nitrogens is 1. The predicted octanol–water partition coefficient (Wildman–Crippen LogP) is 1.42. The second-order valence-corrected chi connectivity index (χ2v) is 3.99. The van der Waals surface area contributed by atoms with Crippen LogP contribution in [0.2, 0.25) is 5.02 Å². The van der Waals surface area contributed by atoms with Crippen molar-refractivity contribution in [3.05, 3.63) is 33.1 Å². The Labute approximate surface area is 104 Å². The number of hydrogen-bond donors (Lipinski definition) is 2. The Morgan fingerprint density at radius 3 is 2.61 bits per heavy atom. The molecule has 0 aliphatic carbocycles. The maximum atomic E-state index is 12.6. The minimum atomic E-state index is -4.57. The summed E-state index contributed by atoms with van der Waals surface area (Å²) in [5.74, 6) is 0.137. The molecule has 0 radical (unpaired) electrons. The molecule has 2 rings (SSSR count). The number of benzene rings is 1. The Morgan fingerprint density at radius 2 is 2.06 bits per heavy atom. The average molecular weight is 279 g/mol. The van der Waals surface area contributed by atoms with Gasteiger partial charge in [0.25, 0.3) is 5.82 Å². The van der Waals surface area contributed by atoms with Gasteiger partial charge in [-0.1, -0.05) is 11.6 Å². The molecule has 0 aliphatic heterocycles.